The topological polar surface area (TPSA) is 165 Å². The maximum absolute atomic E-state index is 13.1. The van der Waals surface area contributed by atoms with Crippen molar-refractivity contribution in [2.45, 2.75) is 37.5 Å². The summed E-state index contributed by atoms with van der Waals surface area (Å²) in [5, 5.41) is 0. The number of aryl methyl sites for hydroxylation is 2. The molecule has 1 aromatic heterocycles. The zero-order chi connectivity index (χ0) is 22.7. The summed E-state index contributed by atoms with van der Waals surface area (Å²) in [7, 11) is -8.63. The lowest BCUT2D eigenvalue weighted by Gasteiger charge is -2.22. The van der Waals surface area contributed by atoms with Crippen LogP contribution >= 0.6 is 0 Å². The first kappa shape index (κ1) is 23.7. The van der Waals surface area contributed by atoms with E-state index in [0.29, 0.717) is 11.4 Å². The molecule has 0 saturated carbocycles. The van der Waals surface area contributed by atoms with Crippen molar-refractivity contribution >= 4 is 32.0 Å². The molecule has 1 heterocycles. The van der Waals surface area contributed by atoms with Crippen LogP contribution in [-0.4, -0.2) is 54.6 Å². The molecule has 0 amide bonds. The zero-order valence-corrected chi connectivity index (χ0v) is 18.8. The molecule has 0 spiro atoms. The zero-order valence-electron chi connectivity index (χ0n) is 17.1. The number of hydrogen-bond donors (Lipinski definition) is 2. The molecule has 0 aliphatic rings. The summed E-state index contributed by atoms with van der Waals surface area (Å²) in [6, 6.07) is 6.88. The number of sulfonamides is 2. The molecule has 4 N–H and O–H groups in total. The highest BCUT2D eigenvalue weighted by atomic mass is 32.2. The fourth-order valence-electron chi connectivity index (χ4n) is 2.72. The summed E-state index contributed by atoms with van der Waals surface area (Å²) in [6.45, 7) is 7.09. The average Bonchev–Trinajstić information content (AvgIpc) is 2.67. The summed E-state index contributed by atoms with van der Waals surface area (Å²) >= 11 is 0. The predicted octanol–water partition coefficient (Wildman–Crippen LogP) is 0.635. The molecular formula is C17H25N7O4S2. The van der Waals surface area contributed by atoms with Gasteiger partial charge in [-0.05, 0) is 32.0 Å². The van der Waals surface area contributed by atoms with Gasteiger partial charge >= 0.3 is 0 Å². The minimum atomic E-state index is -4.55. The molecule has 0 atom stereocenters. The minimum Gasteiger partial charge on any atom is -0.367 e. The van der Waals surface area contributed by atoms with Crippen molar-refractivity contribution in [3.05, 3.63) is 41.7 Å². The van der Waals surface area contributed by atoms with Crippen LogP contribution in [0.3, 0.4) is 0 Å². The molecule has 1 aromatic carbocycles. The monoisotopic (exact) mass is 455 g/mol. The van der Waals surface area contributed by atoms with Crippen LogP contribution in [0, 0.1) is 13.8 Å². The van der Waals surface area contributed by atoms with Crippen molar-refractivity contribution in [1.29, 1.82) is 0 Å². The molecule has 0 fully saturated rings. The smallest absolute Gasteiger partial charge is 0.281 e. The number of nitrogens with zero attached hydrogens (tertiary/aromatic N) is 5. The second-order valence-corrected chi connectivity index (χ2v) is 9.95. The van der Waals surface area contributed by atoms with Crippen molar-refractivity contribution in [1.82, 2.24) is 18.7 Å². The Balaban J connectivity index is 2.55. The van der Waals surface area contributed by atoms with E-state index in [0.717, 1.165) is 10.4 Å². The minimum absolute atomic E-state index is 0.0697. The molecule has 13 heteroatoms. The summed E-state index contributed by atoms with van der Waals surface area (Å²) < 4.78 is 53.4. The Hall–Kier alpha value is -2.61. The van der Waals surface area contributed by atoms with Crippen LogP contribution in [-0.2, 0) is 20.0 Å². The Kier molecular flexibility index (Phi) is 7.13. The molecule has 0 saturated heterocycles. The van der Waals surface area contributed by atoms with Crippen molar-refractivity contribution < 1.29 is 16.8 Å². The number of hydrogen-bond acceptors (Lipinski definition) is 8. The van der Waals surface area contributed by atoms with Gasteiger partial charge in [0.05, 0.1) is 0 Å². The van der Waals surface area contributed by atoms with Gasteiger partial charge in [0, 0.05) is 24.5 Å². The van der Waals surface area contributed by atoms with E-state index in [1.54, 1.807) is 33.8 Å². The van der Waals surface area contributed by atoms with E-state index in [4.69, 9.17) is 11.6 Å². The number of hydrazine groups is 1. The second kappa shape index (κ2) is 9.04. The van der Waals surface area contributed by atoms with Gasteiger partial charge in [0.1, 0.15) is 9.79 Å². The summed E-state index contributed by atoms with van der Waals surface area (Å²) in [4.78, 5) is 11.1. The molecule has 0 unspecified atom stereocenters. The Bertz CT molecular complexity index is 1140. The normalized spacial score (nSPS) is 12.9. The Morgan fingerprint density at radius 2 is 1.43 bits per heavy atom. The predicted molar refractivity (Wildman–Crippen MR) is 113 cm³/mol. The van der Waals surface area contributed by atoms with Gasteiger partial charge < -0.3 is 5.73 Å². The summed E-state index contributed by atoms with van der Waals surface area (Å²) in [5.74, 6) is 5.04. The lowest BCUT2D eigenvalue weighted by atomic mass is 10.4. The van der Waals surface area contributed by atoms with E-state index in [1.165, 1.54) is 18.2 Å². The van der Waals surface area contributed by atoms with Crippen molar-refractivity contribution in [3.63, 3.8) is 0 Å². The lowest BCUT2D eigenvalue weighted by molar-refractivity contribution is 0.442. The van der Waals surface area contributed by atoms with Crippen molar-refractivity contribution in [2.24, 2.45) is 16.6 Å². The number of guanidine groups is 1. The maximum atomic E-state index is 13.1. The van der Waals surface area contributed by atoms with Crippen LogP contribution in [0.2, 0.25) is 0 Å². The van der Waals surface area contributed by atoms with Gasteiger partial charge in [-0.2, -0.15) is 22.1 Å². The maximum Gasteiger partial charge on any atom is 0.281 e. The van der Waals surface area contributed by atoms with Gasteiger partial charge in [-0.1, -0.05) is 26.0 Å². The van der Waals surface area contributed by atoms with E-state index in [-0.39, 0.29) is 23.5 Å². The van der Waals surface area contributed by atoms with Gasteiger partial charge in [0.2, 0.25) is 16.0 Å². The van der Waals surface area contributed by atoms with E-state index in [9.17, 15) is 16.8 Å². The fraction of sp³-hybridized carbons (Fsp3) is 0.353. The molecule has 164 valence electrons. The highest BCUT2D eigenvalue weighted by Gasteiger charge is 2.33. The third-order valence-corrected chi connectivity index (χ3v) is 7.97. The molecule has 2 rings (SSSR count). The highest BCUT2D eigenvalue weighted by Crippen LogP contribution is 2.26. The Morgan fingerprint density at radius 1 is 0.967 bits per heavy atom. The number of aliphatic imine (C=N–C) groups is 1. The molecule has 0 radical (unpaired) electrons. The van der Waals surface area contributed by atoms with E-state index in [2.05, 4.69) is 15.0 Å². The van der Waals surface area contributed by atoms with E-state index in [1.807, 2.05) is 0 Å². The van der Waals surface area contributed by atoms with E-state index >= 15 is 0 Å². The number of rotatable bonds is 7. The van der Waals surface area contributed by atoms with E-state index < -0.39 is 35.8 Å². The van der Waals surface area contributed by atoms with Gasteiger partial charge in [-0.25, -0.2) is 24.2 Å². The fourth-order valence-corrected chi connectivity index (χ4v) is 5.95. The first-order chi connectivity index (χ1) is 13.9. The van der Waals surface area contributed by atoms with Crippen LogP contribution in [0.25, 0.3) is 0 Å². The number of benzene rings is 1. The lowest BCUT2D eigenvalue weighted by Crippen LogP contribution is -2.47. The number of aromatic nitrogens is 2. The van der Waals surface area contributed by atoms with Crippen LogP contribution in [0.4, 0.5) is 5.95 Å². The van der Waals surface area contributed by atoms with Gasteiger partial charge in [-0.3, -0.25) is 0 Å². The van der Waals surface area contributed by atoms with Crippen LogP contribution in [0.15, 0.2) is 45.1 Å². The standard InChI is InChI=1S/C17H25N7O4S2/c1-5-23(6-2)29(25,26)14-9-7-8-10-15(14)30(27,28)24(19)16(18)22-17-20-12(3)11-13(4)21-17/h7-11H,5-6,19H2,1-4H3,(H2,18,20,21,22). The molecule has 2 aromatic rings. The quantitative estimate of drug-likeness (QED) is 0.265. The molecule has 30 heavy (non-hydrogen) atoms. The number of nitrogens with two attached hydrogens (primary N) is 2. The Labute approximate surface area is 176 Å². The second-order valence-electron chi connectivity index (χ2n) is 6.26. The van der Waals surface area contributed by atoms with Gasteiger partial charge in [-0.15, -0.1) is 0 Å². The Morgan fingerprint density at radius 3 is 1.90 bits per heavy atom. The van der Waals surface area contributed by atoms with Crippen molar-refractivity contribution in [3.8, 4) is 0 Å². The summed E-state index contributed by atoms with van der Waals surface area (Å²) in [5.41, 5.74) is 6.99. The largest absolute Gasteiger partial charge is 0.367 e. The third kappa shape index (κ3) is 4.75. The van der Waals surface area contributed by atoms with Gasteiger partial charge in [0.15, 0.2) is 0 Å². The van der Waals surface area contributed by atoms with Gasteiger partial charge in [0.25, 0.3) is 16.0 Å². The SMILES string of the molecule is CCN(CC)S(=O)(=O)c1ccccc1S(=O)(=O)N(N)C(N)=Nc1nc(C)cc(C)n1. The molecule has 0 bridgehead atoms. The third-order valence-electron chi connectivity index (χ3n) is 4.12. The molecule has 0 aliphatic carbocycles. The van der Waals surface area contributed by atoms with Crippen LogP contribution < -0.4 is 11.6 Å². The first-order valence-corrected chi connectivity index (χ1v) is 11.9. The summed E-state index contributed by atoms with van der Waals surface area (Å²) in [6.07, 6.45) is 0. The van der Waals surface area contributed by atoms with Crippen LogP contribution in [0.5, 0.6) is 0 Å². The van der Waals surface area contributed by atoms with Crippen molar-refractivity contribution in [2.75, 3.05) is 13.1 Å². The molecule has 0 aliphatic heterocycles. The first-order valence-electron chi connectivity index (χ1n) is 9.00. The molecule has 11 nitrogen and oxygen atoms in total. The average molecular weight is 456 g/mol. The molecular weight excluding hydrogens is 430 g/mol. The highest BCUT2D eigenvalue weighted by molar-refractivity contribution is 7.92. The van der Waals surface area contributed by atoms with Crippen LogP contribution in [0.1, 0.15) is 25.2 Å².